The predicted molar refractivity (Wildman–Crippen MR) is 89.3 cm³/mol. The fourth-order valence-corrected chi connectivity index (χ4v) is 2.81. The van der Waals surface area contributed by atoms with Gasteiger partial charge in [0.2, 0.25) is 5.91 Å². The van der Waals surface area contributed by atoms with Gasteiger partial charge >= 0.3 is 0 Å². The maximum atomic E-state index is 12.0. The number of benzene rings is 2. The van der Waals surface area contributed by atoms with Crippen LogP contribution < -0.4 is 5.32 Å². The molecule has 0 saturated carbocycles. The first-order valence-electron chi connectivity index (χ1n) is 6.52. The Morgan fingerprint density at radius 1 is 1.14 bits per heavy atom. The Bertz CT molecular complexity index is 575. The van der Waals surface area contributed by atoms with Gasteiger partial charge in [0.05, 0.1) is 18.4 Å². The van der Waals surface area contributed by atoms with Crippen molar-refractivity contribution in [1.29, 1.82) is 0 Å². The summed E-state index contributed by atoms with van der Waals surface area (Å²) in [6, 6.07) is 16.9. The van der Waals surface area contributed by atoms with Gasteiger partial charge in [0.15, 0.2) is 0 Å². The van der Waals surface area contributed by atoms with Gasteiger partial charge < -0.3 is 10.4 Å². The SMILES string of the molecule is O=C(CSc1ccc(Br)cc1)N[C@@H](CO)c1ccccc1. The summed E-state index contributed by atoms with van der Waals surface area (Å²) in [7, 11) is 0. The highest BCUT2D eigenvalue weighted by molar-refractivity contribution is 9.10. The highest BCUT2D eigenvalue weighted by Crippen LogP contribution is 2.20. The van der Waals surface area contributed by atoms with Crippen molar-refractivity contribution in [1.82, 2.24) is 5.32 Å². The lowest BCUT2D eigenvalue weighted by molar-refractivity contribution is -0.119. The molecule has 2 N–H and O–H groups in total. The van der Waals surface area contributed by atoms with Crippen molar-refractivity contribution in [2.75, 3.05) is 12.4 Å². The second kappa shape index (κ2) is 8.22. The van der Waals surface area contributed by atoms with Crippen molar-refractivity contribution >= 4 is 33.6 Å². The van der Waals surface area contributed by atoms with Gasteiger partial charge in [-0.2, -0.15) is 0 Å². The van der Waals surface area contributed by atoms with Crippen molar-refractivity contribution in [2.45, 2.75) is 10.9 Å². The number of rotatable bonds is 6. The van der Waals surface area contributed by atoms with E-state index < -0.39 is 0 Å². The van der Waals surface area contributed by atoms with Crippen LogP contribution in [0.1, 0.15) is 11.6 Å². The molecule has 0 aliphatic rings. The summed E-state index contributed by atoms with van der Waals surface area (Å²) in [5.41, 5.74) is 0.905. The minimum Gasteiger partial charge on any atom is -0.394 e. The molecule has 0 fully saturated rings. The summed E-state index contributed by atoms with van der Waals surface area (Å²) in [4.78, 5) is 13.0. The van der Waals surface area contributed by atoms with E-state index in [1.54, 1.807) is 0 Å². The molecule has 2 aromatic rings. The number of hydrogen-bond donors (Lipinski definition) is 2. The Morgan fingerprint density at radius 3 is 2.43 bits per heavy atom. The molecule has 0 aromatic heterocycles. The largest absolute Gasteiger partial charge is 0.394 e. The number of amides is 1. The van der Waals surface area contributed by atoms with E-state index in [1.807, 2.05) is 54.6 Å². The Hall–Kier alpha value is -1.30. The average molecular weight is 366 g/mol. The van der Waals surface area contributed by atoms with Crippen LogP contribution in [0.4, 0.5) is 0 Å². The summed E-state index contributed by atoms with van der Waals surface area (Å²) in [6.07, 6.45) is 0. The van der Waals surface area contributed by atoms with Crippen molar-refractivity contribution in [2.24, 2.45) is 0 Å². The quantitative estimate of drug-likeness (QED) is 0.771. The smallest absolute Gasteiger partial charge is 0.230 e. The van der Waals surface area contributed by atoms with E-state index in [0.29, 0.717) is 5.75 Å². The van der Waals surface area contributed by atoms with Crippen LogP contribution in [0.25, 0.3) is 0 Å². The molecule has 0 bridgehead atoms. The molecule has 0 aliphatic carbocycles. The van der Waals surface area contributed by atoms with Gasteiger partial charge in [0, 0.05) is 9.37 Å². The molecule has 2 aromatic carbocycles. The Kier molecular flexibility index (Phi) is 6.29. The van der Waals surface area contributed by atoms with Crippen LogP contribution in [-0.2, 0) is 4.79 Å². The number of thioether (sulfide) groups is 1. The summed E-state index contributed by atoms with van der Waals surface area (Å²) in [5, 5.41) is 12.3. The van der Waals surface area contributed by atoms with Gasteiger partial charge in [0.1, 0.15) is 0 Å². The van der Waals surface area contributed by atoms with Crippen LogP contribution in [0.5, 0.6) is 0 Å². The number of carbonyl (C=O) groups excluding carboxylic acids is 1. The number of aliphatic hydroxyl groups is 1. The number of hydrogen-bond acceptors (Lipinski definition) is 3. The van der Waals surface area contributed by atoms with Crippen LogP contribution in [0.15, 0.2) is 64.0 Å². The molecular weight excluding hydrogens is 350 g/mol. The topological polar surface area (TPSA) is 49.3 Å². The summed E-state index contributed by atoms with van der Waals surface area (Å²) >= 11 is 4.85. The van der Waals surface area contributed by atoms with Gasteiger partial charge in [0.25, 0.3) is 0 Å². The minimum absolute atomic E-state index is 0.0918. The zero-order valence-corrected chi connectivity index (χ0v) is 13.7. The number of carbonyl (C=O) groups is 1. The Labute approximate surface area is 136 Å². The highest BCUT2D eigenvalue weighted by Gasteiger charge is 2.13. The lowest BCUT2D eigenvalue weighted by Gasteiger charge is -2.16. The molecule has 110 valence electrons. The zero-order valence-electron chi connectivity index (χ0n) is 11.3. The lowest BCUT2D eigenvalue weighted by atomic mass is 10.1. The molecule has 0 aliphatic heterocycles. The second-order valence-electron chi connectivity index (χ2n) is 4.46. The molecule has 0 unspecified atom stereocenters. The first-order valence-corrected chi connectivity index (χ1v) is 8.30. The van der Waals surface area contributed by atoms with Crippen molar-refractivity contribution in [3.8, 4) is 0 Å². The number of nitrogens with one attached hydrogen (secondary N) is 1. The van der Waals surface area contributed by atoms with Crippen molar-refractivity contribution < 1.29 is 9.90 Å². The Balaban J connectivity index is 1.87. The third-order valence-electron chi connectivity index (χ3n) is 2.90. The van der Waals surface area contributed by atoms with Crippen LogP contribution in [0, 0.1) is 0 Å². The standard InChI is InChI=1S/C16H16BrNO2S/c17-13-6-8-14(9-7-13)21-11-16(20)18-15(10-19)12-4-2-1-3-5-12/h1-9,15,19H,10-11H2,(H,18,20)/t15-/m0/s1. The normalized spacial score (nSPS) is 11.9. The first kappa shape index (κ1) is 16.1. The fraction of sp³-hybridized carbons (Fsp3) is 0.188. The maximum Gasteiger partial charge on any atom is 0.230 e. The second-order valence-corrected chi connectivity index (χ2v) is 6.42. The predicted octanol–water partition coefficient (Wildman–Crippen LogP) is 3.39. The van der Waals surface area contributed by atoms with E-state index >= 15 is 0 Å². The van der Waals surface area contributed by atoms with Crippen LogP contribution >= 0.6 is 27.7 Å². The van der Waals surface area contributed by atoms with Crippen LogP contribution in [0.3, 0.4) is 0 Å². The average Bonchev–Trinajstić information content (AvgIpc) is 2.53. The zero-order chi connectivity index (χ0) is 15.1. The molecule has 5 heteroatoms. The molecule has 2 rings (SSSR count). The summed E-state index contributed by atoms with van der Waals surface area (Å²) in [5.74, 6) is 0.233. The van der Waals surface area contributed by atoms with Crippen molar-refractivity contribution in [3.05, 3.63) is 64.6 Å². The van der Waals surface area contributed by atoms with Gasteiger partial charge in [-0.25, -0.2) is 0 Å². The van der Waals surface area contributed by atoms with E-state index in [2.05, 4.69) is 21.2 Å². The lowest BCUT2D eigenvalue weighted by Crippen LogP contribution is -2.32. The van der Waals surface area contributed by atoms with E-state index in [-0.39, 0.29) is 18.6 Å². The molecule has 0 heterocycles. The van der Waals surface area contributed by atoms with E-state index in [1.165, 1.54) is 11.8 Å². The van der Waals surface area contributed by atoms with Crippen LogP contribution in [0.2, 0.25) is 0 Å². The molecule has 0 saturated heterocycles. The molecule has 21 heavy (non-hydrogen) atoms. The molecule has 1 amide bonds. The molecule has 0 spiro atoms. The highest BCUT2D eigenvalue weighted by atomic mass is 79.9. The van der Waals surface area contributed by atoms with Crippen molar-refractivity contribution in [3.63, 3.8) is 0 Å². The summed E-state index contributed by atoms with van der Waals surface area (Å²) < 4.78 is 1.01. The van der Waals surface area contributed by atoms with E-state index in [0.717, 1.165) is 14.9 Å². The third-order valence-corrected chi connectivity index (χ3v) is 4.44. The maximum absolute atomic E-state index is 12.0. The number of halogens is 1. The molecule has 0 radical (unpaired) electrons. The fourth-order valence-electron chi connectivity index (χ4n) is 1.84. The minimum atomic E-state index is -0.357. The van der Waals surface area contributed by atoms with Gasteiger partial charge in [-0.05, 0) is 29.8 Å². The third kappa shape index (κ3) is 5.19. The Morgan fingerprint density at radius 2 is 1.81 bits per heavy atom. The first-order chi connectivity index (χ1) is 10.2. The molecule has 1 atom stereocenters. The number of aliphatic hydroxyl groups excluding tert-OH is 1. The van der Waals surface area contributed by atoms with Gasteiger partial charge in [-0.1, -0.05) is 46.3 Å². The molecule has 3 nitrogen and oxygen atoms in total. The van der Waals surface area contributed by atoms with Crippen LogP contribution in [-0.4, -0.2) is 23.4 Å². The van der Waals surface area contributed by atoms with E-state index in [4.69, 9.17) is 0 Å². The van der Waals surface area contributed by atoms with Gasteiger partial charge in [-0.15, -0.1) is 11.8 Å². The van der Waals surface area contributed by atoms with Gasteiger partial charge in [-0.3, -0.25) is 4.79 Å². The van der Waals surface area contributed by atoms with E-state index in [9.17, 15) is 9.90 Å². The molecular formula is C16H16BrNO2S. The monoisotopic (exact) mass is 365 g/mol. The summed E-state index contributed by atoms with van der Waals surface area (Å²) in [6.45, 7) is -0.112.